The van der Waals surface area contributed by atoms with E-state index in [2.05, 4.69) is 17.6 Å². The molecule has 0 aliphatic rings. The molecule has 0 aliphatic carbocycles. The number of hydrogen-bond acceptors (Lipinski definition) is 3. The number of rotatable bonds is 6. The van der Waals surface area contributed by atoms with Crippen molar-refractivity contribution < 1.29 is 9.53 Å². The molecule has 0 saturated carbocycles. The molecule has 4 nitrogen and oxygen atoms in total. The number of thiocarbonyl (C=S) groups is 1. The molecule has 2 aromatic rings. The standard InChI is InChI=1S/C19H21ClN2O2S/c1-3-4-12-24-17-11-6-5-8-14(17)18(23)22-19(25)21-16-10-7-9-15(20)13(16)2/h5-11H,3-4,12H2,1-2H3,(H2,21,22,23,25). The van der Waals surface area contributed by atoms with Crippen LogP contribution in [0.25, 0.3) is 0 Å². The van der Waals surface area contributed by atoms with Crippen LogP contribution in [-0.4, -0.2) is 17.6 Å². The summed E-state index contributed by atoms with van der Waals surface area (Å²) in [5.74, 6) is 0.236. The molecule has 0 heterocycles. The van der Waals surface area contributed by atoms with Gasteiger partial charge in [-0.2, -0.15) is 0 Å². The quantitative estimate of drug-likeness (QED) is 0.553. The molecule has 0 aromatic heterocycles. The fourth-order valence-corrected chi connectivity index (χ4v) is 2.55. The van der Waals surface area contributed by atoms with Crippen LogP contribution in [-0.2, 0) is 0 Å². The zero-order chi connectivity index (χ0) is 18.2. The molecule has 0 aliphatic heterocycles. The molecule has 2 aromatic carbocycles. The van der Waals surface area contributed by atoms with E-state index >= 15 is 0 Å². The number of amides is 1. The zero-order valence-corrected chi connectivity index (χ0v) is 15.8. The maximum Gasteiger partial charge on any atom is 0.261 e. The van der Waals surface area contributed by atoms with E-state index in [-0.39, 0.29) is 11.0 Å². The summed E-state index contributed by atoms with van der Waals surface area (Å²) in [4.78, 5) is 12.5. The van der Waals surface area contributed by atoms with E-state index in [0.29, 0.717) is 22.9 Å². The van der Waals surface area contributed by atoms with Gasteiger partial charge in [-0.3, -0.25) is 10.1 Å². The van der Waals surface area contributed by atoms with Gasteiger partial charge in [-0.1, -0.05) is 43.1 Å². The first-order chi connectivity index (χ1) is 12.0. The smallest absolute Gasteiger partial charge is 0.261 e. The molecule has 6 heteroatoms. The van der Waals surface area contributed by atoms with E-state index in [9.17, 15) is 4.79 Å². The number of nitrogens with one attached hydrogen (secondary N) is 2. The molecule has 0 atom stereocenters. The van der Waals surface area contributed by atoms with Crippen LogP contribution < -0.4 is 15.4 Å². The number of para-hydroxylation sites is 1. The van der Waals surface area contributed by atoms with Gasteiger partial charge in [0.05, 0.1) is 12.2 Å². The minimum absolute atomic E-state index is 0.207. The average molecular weight is 377 g/mol. The summed E-state index contributed by atoms with van der Waals surface area (Å²) in [6.07, 6.45) is 1.96. The fourth-order valence-electron chi connectivity index (χ4n) is 2.17. The minimum Gasteiger partial charge on any atom is -0.493 e. The van der Waals surface area contributed by atoms with Crippen molar-refractivity contribution in [3.05, 3.63) is 58.6 Å². The Morgan fingerprint density at radius 3 is 2.72 bits per heavy atom. The highest BCUT2D eigenvalue weighted by Crippen LogP contribution is 2.23. The Hall–Kier alpha value is -2.11. The molecule has 2 rings (SSSR count). The van der Waals surface area contributed by atoms with Crippen molar-refractivity contribution in [1.82, 2.24) is 5.32 Å². The van der Waals surface area contributed by atoms with E-state index in [1.54, 1.807) is 24.3 Å². The molecule has 0 bridgehead atoms. The van der Waals surface area contributed by atoms with Gasteiger partial charge in [0.2, 0.25) is 0 Å². The third-order valence-electron chi connectivity index (χ3n) is 3.63. The SMILES string of the molecule is CCCCOc1ccccc1C(=O)NC(=S)Nc1cccc(Cl)c1C. The molecular formula is C19H21ClN2O2S. The summed E-state index contributed by atoms with van der Waals surface area (Å²) in [6, 6.07) is 12.6. The molecular weight excluding hydrogens is 356 g/mol. The van der Waals surface area contributed by atoms with Crippen molar-refractivity contribution in [3.63, 3.8) is 0 Å². The van der Waals surface area contributed by atoms with Gasteiger partial charge in [0, 0.05) is 10.7 Å². The van der Waals surface area contributed by atoms with Crippen LogP contribution in [0.2, 0.25) is 5.02 Å². The molecule has 132 valence electrons. The molecule has 0 saturated heterocycles. The second-order valence-electron chi connectivity index (χ2n) is 5.52. The maximum atomic E-state index is 12.5. The Balaban J connectivity index is 2.04. The number of carbonyl (C=O) groups excluding carboxylic acids is 1. The summed E-state index contributed by atoms with van der Waals surface area (Å²) >= 11 is 11.3. The lowest BCUT2D eigenvalue weighted by atomic mass is 10.2. The lowest BCUT2D eigenvalue weighted by Crippen LogP contribution is -2.34. The predicted octanol–water partition coefficient (Wildman–Crippen LogP) is 4.95. The molecule has 0 unspecified atom stereocenters. The first-order valence-electron chi connectivity index (χ1n) is 8.12. The second kappa shape index (κ2) is 9.39. The summed E-state index contributed by atoms with van der Waals surface area (Å²) < 4.78 is 5.69. The third-order valence-corrected chi connectivity index (χ3v) is 4.24. The van der Waals surface area contributed by atoms with Crippen LogP contribution >= 0.6 is 23.8 Å². The number of anilines is 1. The molecule has 0 radical (unpaired) electrons. The van der Waals surface area contributed by atoms with Crippen LogP contribution in [0.1, 0.15) is 35.7 Å². The highest BCUT2D eigenvalue weighted by atomic mass is 35.5. The third kappa shape index (κ3) is 5.44. The van der Waals surface area contributed by atoms with Crippen LogP contribution in [0.5, 0.6) is 5.75 Å². The number of halogens is 1. The Morgan fingerprint density at radius 2 is 1.96 bits per heavy atom. The predicted molar refractivity (Wildman–Crippen MR) is 107 cm³/mol. The van der Waals surface area contributed by atoms with Crippen molar-refractivity contribution in [3.8, 4) is 5.75 Å². The number of carbonyl (C=O) groups is 1. The molecule has 1 amide bonds. The Morgan fingerprint density at radius 1 is 1.20 bits per heavy atom. The molecule has 25 heavy (non-hydrogen) atoms. The van der Waals surface area contributed by atoms with Gasteiger partial charge in [0.15, 0.2) is 5.11 Å². The Bertz CT molecular complexity index is 765. The van der Waals surface area contributed by atoms with Gasteiger partial charge in [-0.05, 0) is 55.4 Å². The first-order valence-corrected chi connectivity index (χ1v) is 8.90. The minimum atomic E-state index is -0.315. The Kier molecular flexibility index (Phi) is 7.22. The van der Waals surface area contributed by atoms with Crippen LogP contribution in [0.3, 0.4) is 0 Å². The molecule has 2 N–H and O–H groups in total. The summed E-state index contributed by atoms with van der Waals surface area (Å²) in [5, 5.41) is 6.52. The van der Waals surface area contributed by atoms with E-state index in [1.165, 1.54) is 0 Å². The van der Waals surface area contributed by atoms with Gasteiger partial charge in [-0.25, -0.2) is 0 Å². The van der Waals surface area contributed by atoms with Crippen LogP contribution in [0.15, 0.2) is 42.5 Å². The summed E-state index contributed by atoms with van der Waals surface area (Å²) in [5.41, 5.74) is 2.07. The highest BCUT2D eigenvalue weighted by molar-refractivity contribution is 7.80. The van der Waals surface area contributed by atoms with Crippen molar-refractivity contribution in [2.75, 3.05) is 11.9 Å². The highest BCUT2D eigenvalue weighted by Gasteiger charge is 2.14. The van der Waals surface area contributed by atoms with E-state index in [4.69, 9.17) is 28.6 Å². The number of hydrogen-bond donors (Lipinski definition) is 2. The first kappa shape index (κ1) is 19.2. The largest absolute Gasteiger partial charge is 0.493 e. The van der Waals surface area contributed by atoms with Crippen molar-refractivity contribution in [1.29, 1.82) is 0 Å². The van der Waals surface area contributed by atoms with E-state index in [0.717, 1.165) is 24.1 Å². The van der Waals surface area contributed by atoms with Gasteiger partial charge in [-0.15, -0.1) is 0 Å². The number of ether oxygens (including phenoxy) is 1. The zero-order valence-electron chi connectivity index (χ0n) is 14.3. The monoisotopic (exact) mass is 376 g/mol. The van der Waals surface area contributed by atoms with Gasteiger partial charge >= 0.3 is 0 Å². The van der Waals surface area contributed by atoms with Crippen molar-refractivity contribution >= 4 is 40.5 Å². The lowest BCUT2D eigenvalue weighted by molar-refractivity contribution is 0.0973. The molecule has 0 spiro atoms. The molecule has 0 fully saturated rings. The fraction of sp³-hybridized carbons (Fsp3) is 0.263. The van der Waals surface area contributed by atoms with Gasteiger partial charge in [0.1, 0.15) is 5.75 Å². The van der Waals surface area contributed by atoms with Crippen LogP contribution in [0, 0.1) is 6.92 Å². The Labute approximate surface area is 158 Å². The maximum absolute atomic E-state index is 12.5. The normalized spacial score (nSPS) is 10.2. The summed E-state index contributed by atoms with van der Waals surface area (Å²) in [7, 11) is 0. The van der Waals surface area contributed by atoms with Crippen molar-refractivity contribution in [2.24, 2.45) is 0 Å². The second-order valence-corrected chi connectivity index (χ2v) is 6.33. The lowest BCUT2D eigenvalue weighted by Gasteiger charge is -2.14. The van der Waals surface area contributed by atoms with E-state index in [1.807, 2.05) is 25.1 Å². The average Bonchev–Trinajstić information content (AvgIpc) is 2.59. The number of unbranched alkanes of at least 4 members (excludes halogenated alkanes) is 1. The van der Waals surface area contributed by atoms with Gasteiger partial charge < -0.3 is 10.1 Å². The van der Waals surface area contributed by atoms with Crippen LogP contribution in [0.4, 0.5) is 5.69 Å². The summed E-state index contributed by atoms with van der Waals surface area (Å²) in [6.45, 7) is 4.54. The van der Waals surface area contributed by atoms with E-state index < -0.39 is 0 Å². The van der Waals surface area contributed by atoms with Gasteiger partial charge in [0.25, 0.3) is 5.91 Å². The topological polar surface area (TPSA) is 50.4 Å². The number of benzene rings is 2. The van der Waals surface area contributed by atoms with Crippen molar-refractivity contribution in [2.45, 2.75) is 26.7 Å².